The summed E-state index contributed by atoms with van der Waals surface area (Å²) in [6.45, 7) is 2.62. The summed E-state index contributed by atoms with van der Waals surface area (Å²) in [5, 5.41) is 3.08. The van der Waals surface area contributed by atoms with Gasteiger partial charge in [-0.2, -0.15) is 0 Å². The van der Waals surface area contributed by atoms with Crippen molar-refractivity contribution in [2.24, 2.45) is 5.41 Å². The summed E-state index contributed by atoms with van der Waals surface area (Å²) in [7, 11) is 0. The van der Waals surface area contributed by atoms with E-state index < -0.39 is 11.2 Å². The number of carbonyl (C=O) groups excluding carboxylic acids is 1. The number of hydrogen-bond acceptors (Lipinski definition) is 4. The lowest BCUT2D eigenvalue weighted by Gasteiger charge is -2.57. The van der Waals surface area contributed by atoms with Crippen molar-refractivity contribution in [3.63, 3.8) is 0 Å². The van der Waals surface area contributed by atoms with Crippen molar-refractivity contribution in [2.45, 2.75) is 64.1 Å². The fourth-order valence-electron chi connectivity index (χ4n) is 4.23. The Morgan fingerprint density at radius 3 is 2.79 bits per heavy atom. The third-order valence-corrected chi connectivity index (χ3v) is 5.48. The van der Waals surface area contributed by atoms with E-state index in [1.807, 2.05) is 6.92 Å². The molecule has 1 aromatic heterocycles. The average molecular weight is 335 g/mol. The average Bonchev–Trinajstić information content (AvgIpc) is 2.57. The maximum atomic E-state index is 12.3. The lowest BCUT2D eigenvalue weighted by atomic mass is 9.55. The highest BCUT2D eigenvalue weighted by Gasteiger charge is 2.56. The number of carbonyl (C=O) groups is 1. The number of aromatic amines is 1. The molecule has 2 N–H and O–H groups in total. The van der Waals surface area contributed by atoms with Crippen LogP contribution in [0.2, 0.25) is 0 Å². The zero-order chi connectivity index (χ0) is 17.2. The molecule has 2 atom stereocenters. The van der Waals surface area contributed by atoms with Crippen LogP contribution in [-0.4, -0.2) is 34.2 Å². The molecule has 24 heavy (non-hydrogen) atoms. The number of nitrogens with zero attached hydrogens (tertiary/aromatic N) is 1. The second-order valence-electron chi connectivity index (χ2n) is 6.83. The van der Waals surface area contributed by atoms with E-state index in [0.717, 1.165) is 19.3 Å². The molecule has 1 spiro atoms. The van der Waals surface area contributed by atoms with E-state index in [0.29, 0.717) is 6.61 Å². The van der Waals surface area contributed by atoms with Gasteiger partial charge in [0.15, 0.2) is 0 Å². The van der Waals surface area contributed by atoms with Crippen molar-refractivity contribution in [3.05, 3.63) is 33.1 Å². The van der Waals surface area contributed by atoms with Gasteiger partial charge < -0.3 is 10.1 Å². The Bertz CT molecular complexity index is 702. The summed E-state index contributed by atoms with van der Waals surface area (Å²) in [5.74, 6) is -0.200. The molecule has 7 heteroatoms. The molecule has 1 heterocycles. The standard InChI is InChI=1S/C17H25N3O4/c1-2-24-13-10-12(17(13)7-4-3-5-8-17)18-15(22)11-20-9-6-14(21)19-16(20)23/h6,9,12-13H,2-5,7-8,10-11H2,1H3,(H,18,22)(H,19,21,23)/t12-,13+/m1/s1. The molecule has 0 radical (unpaired) electrons. The van der Waals surface area contributed by atoms with Crippen LogP contribution < -0.4 is 16.6 Å². The van der Waals surface area contributed by atoms with Gasteiger partial charge >= 0.3 is 5.69 Å². The predicted octanol–water partition coefficient (Wildman–Crippen LogP) is 0.781. The smallest absolute Gasteiger partial charge is 0.328 e. The van der Waals surface area contributed by atoms with Gasteiger partial charge in [0.05, 0.1) is 6.10 Å². The van der Waals surface area contributed by atoms with Crippen LogP contribution in [0.25, 0.3) is 0 Å². The SMILES string of the molecule is CCO[C@H]1C[C@@H](NC(=O)Cn2ccc(=O)[nH]c2=O)C12CCCCC2. The number of aromatic nitrogens is 2. The van der Waals surface area contributed by atoms with E-state index in [2.05, 4.69) is 10.3 Å². The van der Waals surface area contributed by atoms with Crippen molar-refractivity contribution < 1.29 is 9.53 Å². The molecule has 1 aromatic rings. The Morgan fingerprint density at radius 1 is 1.38 bits per heavy atom. The molecular formula is C17H25N3O4. The van der Waals surface area contributed by atoms with E-state index in [9.17, 15) is 14.4 Å². The van der Waals surface area contributed by atoms with E-state index in [1.165, 1.54) is 36.1 Å². The van der Waals surface area contributed by atoms with E-state index in [-0.39, 0.29) is 30.0 Å². The van der Waals surface area contributed by atoms with E-state index >= 15 is 0 Å². The molecule has 1 amide bonds. The fraction of sp³-hybridized carbons (Fsp3) is 0.706. The minimum absolute atomic E-state index is 0.0554. The summed E-state index contributed by atoms with van der Waals surface area (Å²) < 4.78 is 7.10. The second-order valence-corrected chi connectivity index (χ2v) is 6.83. The summed E-state index contributed by atoms with van der Waals surface area (Å²) in [6, 6.07) is 1.35. The molecule has 2 aliphatic rings. The quantitative estimate of drug-likeness (QED) is 0.831. The van der Waals surface area contributed by atoms with Gasteiger partial charge in [0.1, 0.15) is 6.54 Å². The Morgan fingerprint density at radius 2 is 2.12 bits per heavy atom. The highest BCUT2D eigenvalue weighted by Crippen LogP contribution is 2.53. The molecule has 0 bridgehead atoms. The van der Waals surface area contributed by atoms with Gasteiger partial charge in [-0.15, -0.1) is 0 Å². The number of ether oxygens (including phenoxy) is 1. The molecule has 2 aliphatic carbocycles. The van der Waals surface area contributed by atoms with Crippen LogP contribution >= 0.6 is 0 Å². The molecule has 3 rings (SSSR count). The third-order valence-electron chi connectivity index (χ3n) is 5.48. The highest BCUT2D eigenvalue weighted by molar-refractivity contribution is 5.76. The van der Waals surface area contributed by atoms with E-state index in [4.69, 9.17) is 4.74 Å². The van der Waals surface area contributed by atoms with Crippen LogP contribution in [0.1, 0.15) is 45.4 Å². The number of rotatable bonds is 5. The topological polar surface area (TPSA) is 93.2 Å². The lowest BCUT2D eigenvalue weighted by Crippen LogP contribution is -2.65. The van der Waals surface area contributed by atoms with Crippen molar-refractivity contribution >= 4 is 5.91 Å². The first-order valence-corrected chi connectivity index (χ1v) is 8.76. The summed E-state index contributed by atoms with van der Waals surface area (Å²) >= 11 is 0. The molecule has 132 valence electrons. The second kappa shape index (κ2) is 6.93. The maximum Gasteiger partial charge on any atom is 0.328 e. The molecule has 2 saturated carbocycles. The largest absolute Gasteiger partial charge is 0.378 e. The maximum absolute atomic E-state index is 12.3. The van der Waals surface area contributed by atoms with Crippen LogP contribution in [0.3, 0.4) is 0 Å². The van der Waals surface area contributed by atoms with Gasteiger partial charge in [0.2, 0.25) is 5.91 Å². The molecule has 0 unspecified atom stereocenters. The van der Waals surface area contributed by atoms with Gasteiger partial charge in [0.25, 0.3) is 5.56 Å². The monoisotopic (exact) mass is 335 g/mol. The minimum atomic E-state index is -0.564. The highest BCUT2D eigenvalue weighted by atomic mass is 16.5. The summed E-state index contributed by atoms with van der Waals surface area (Å²) in [6.07, 6.45) is 8.17. The number of amides is 1. The van der Waals surface area contributed by atoms with Crippen LogP contribution in [0.4, 0.5) is 0 Å². The van der Waals surface area contributed by atoms with Crippen LogP contribution in [0, 0.1) is 5.41 Å². The van der Waals surface area contributed by atoms with Gasteiger partial charge in [-0.05, 0) is 26.2 Å². The summed E-state index contributed by atoms with van der Waals surface area (Å²) in [5.41, 5.74) is -0.970. The molecule has 2 fully saturated rings. The predicted molar refractivity (Wildman–Crippen MR) is 88.8 cm³/mol. The first-order chi connectivity index (χ1) is 11.5. The third kappa shape index (κ3) is 3.17. The Balaban J connectivity index is 1.65. The van der Waals surface area contributed by atoms with Crippen molar-refractivity contribution in [3.8, 4) is 0 Å². The minimum Gasteiger partial charge on any atom is -0.378 e. The van der Waals surface area contributed by atoms with Gasteiger partial charge in [-0.1, -0.05) is 19.3 Å². The number of hydrogen-bond donors (Lipinski definition) is 2. The first kappa shape index (κ1) is 17.0. The fourth-order valence-corrected chi connectivity index (χ4v) is 4.23. The van der Waals surface area contributed by atoms with Gasteiger partial charge in [-0.25, -0.2) is 4.79 Å². The Hall–Kier alpha value is -1.89. The number of nitrogens with one attached hydrogen (secondary N) is 2. The Labute approximate surface area is 140 Å². The van der Waals surface area contributed by atoms with Crippen LogP contribution in [0.5, 0.6) is 0 Å². The van der Waals surface area contributed by atoms with Crippen molar-refractivity contribution in [1.29, 1.82) is 0 Å². The first-order valence-electron chi connectivity index (χ1n) is 8.76. The molecule has 0 aromatic carbocycles. The molecular weight excluding hydrogens is 310 g/mol. The normalized spacial score (nSPS) is 25.2. The van der Waals surface area contributed by atoms with Crippen molar-refractivity contribution in [1.82, 2.24) is 14.9 Å². The lowest BCUT2D eigenvalue weighted by molar-refractivity contribution is -0.157. The van der Waals surface area contributed by atoms with Gasteiger partial charge in [0, 0.05) is 30.3 Å². The van der Waals surface area contributed by atoms with Crippen molar-refractivity contribution in [2.75, 3.05) is 6.61 Å². The zero-order valence-electron chi connectivity index (χ0n) is 14.0. The van der Waals surface area contributed by atoms with Crippen LogP contribution in [0.15, 0.2) is 21.9 Å². The number of H-pyrrole nitrogens is 1. The Kier molecular flexibility index (Phi) is 4.89. The van der Waals surface area contributed by atoms with E-state index in [1.54, 1.807) is 0 Å². The zero-order valence-corrected chi connectivity index (χ0v) is 14.0. The van der Waals surface area contributed by atoms with Crippen LogP contribution in [-0.2, 0) is 16.1 Å². The molecule has 0 aliphatic heterocycles. The molecule has 7 nitrogen and oxygen atoms in total. The molecule has 0 saturated heterocycles. The van der Waals surface area contributed by atoms with Gasteiger partial charge in [-0.3, -0.25) is 19.1 Å². The summed E-state index contributed by atoms with van der Waals surface area (Å²) in [4.78, 5) is 37.3.